The summed E-state index contributed by atoms with van der Waals surface area (Å²) in [4.78, 5) is 39.3. The maximum atomic E-state index is 13.1. The average Bonchev–Trinajstić information content (AvgIpc) is 3.28. The van der Waals surface area contributed by atoms with Crippen molar-refractivity contribution >= 4 is 40.7 Å². The third kappa shape index (κ3) is 3.77. The van der Waals surface area contributed by atoms with E-state index in [9.17, 15) is 14.4 Å². The van der Waals surface area contributed by atoms with Gasteiger partial charge < -0.3 is 14.8 Å². The van der Waals surface area contributed by atoms with Crippen LogP contribution in [-0.2, 0) is 14.4 Å². The minimum atomic E-state index is -1.01. The molecular formula is C20H18ClN5O5. The second kappa shape index (κ2) is 8.23. The SMILES string of the molecule is COc1ccc(N2C(=O)[C@H]3N=NN(CC(=O)Nc4ccc(Cl)cc4)[C@@H]3C2=O)cc1OC. The fraction of sp³-hybridized carbons (Fsp3) is 0.250. The molecule has 0 saturated carbocycles. The van der Waals surface area contributed by atoms with E-state index >= 15 is 0 Å². The highest BCUT2D eigenvalue weighted by Gasteiger charge is 2.55. The van der Waals surface area contributed by atoms with E-state index in [0.29, 0.717) is 27.9 Å². The maximum absolute atomic E-state index is 13.1. The first-order chi connectivity index (χ1) is 14.9. The van der Waals surface area contributed by atoms with E-state index in [1.165, 1.54) is 25.3 Å². The van der Waals surface area contributed by atoms with Gasteiger partial charge in [0.25, 0.3) is 11.8 Å². The number of benzene rings is 2. The van der Waals surface area contributed by atoms with Gasteiger partial charge in [-0.05, 0) is 36.4 Å². The molecule has 0 aromatic heterocycles. The number of amides is 3. The third-order valence-electron chi connectivity index (χ3n) is 4.92. The number of ether oxygens (including phenoxy) is 2. The van der Waals surface area contributed by atoms with Crippen LogP contribution in [0.15, 0.2) is 52.8 Å². The van der Waals surface area contributed by atoms with Crippen molar-refractivity contribution in [3.8, 4) is 11.5 Å². The second-order valence-electron chi connectivity index (χ2n) is 6.80. The van der Waals surface area contributed by atoms with Gasteiger partial charge in [0.1, 0.15) is 6.54 Å². The highest BCUT2D eigenvalue weighted by atomic mass is 35.5. The number of nitrogens with one attached hydrogen (secondary N) is 1. The van der Waals surface area contributed by atoms with Crippen LogP contribution in [0.3, 0.4) is 0 Å². The van der Waals surface area contributed by atoms with Crippen molar-refractivity contribution in [1.82, 2.24) is 5.01 Å². The quantitative estimate of drug-likeness (QED) is 0.685. The summed E-state index contributed by atoms with van der Waals surface area (Å²) < 4.78 is 10.4. The van der Waals surface area contributed by atoms with Crippen molar-refractivity contribution in [3.05, 3.63) is 47.5 Å². The third-order valence-corrected chi connectivity index (χ3v) is 5.17. The molecule has 160 valence electrons. The van der Waals surface area contributed by atoms with Crippen molar-refractivity contribution in [2.75, 3.05) is 31.0 Å². The largest absolute Gasteiger partial charge is 0.493 e. The molecule has 2 aliphatic rings. The van der Waals surface area contributed by atoms with Crippen molar-refractivity contribution in [2.45, 2.75) is 12.1 Å². The van der Waals surface area contributed by atoms with Gasteiger partial charge >= 0.3 is 0 Å². The summed E-state index contributed by atoms with van der Waals surface area (Å²) in [6.45, 7) is -0.244. The number of rotatable bonds is 6. The van der Waals surface area contributed by atoms with Crippen molar-refractivity contribution < 1.29 is 23.9 Å². The molecule has 3 amide bonds. The fourth-order valence-corrected chi connectivity index (χ4v) is 3.58. The lowest BCUT2D eigenvalue weighted by atomic mass is 10.1. The first kappa shape index (κ1) is 20.6. The normalized spacial score (nSPS) is 19.6. The second-order valence-corrected chi connectivity index (χ2v) is 7.23. The Morgan fingerprint density at radius 2 is 1.77 bits per heavy atom. The van der Waals surface area contributed by atoms with Crippen LogP contribution in [0.2, 0.25) is 5.02 Å². The Labute approximate surface area is 182 Å². The molecule has 0 radical (unpaired) electrons. The summed E-state index contributed by atoms with van der Waals surface area (Å²) in [6, 6.07) is 9.29. The summed E-state index contributed by atoms with van der Waals surface area (Å²) in [5.74, 6) is -0.617. The summed E-state index contributed by atoms with van der Waals surface area (Å²) in [5.41, 5.74) is 0.866. The lowest BCUT2D eigenvalue weighted by Gasteiger charge is -2.20. The zero-order valence-corrected chi connectivity index (χ0v) is 17.4. The predicted octanol–water partition coefficient (Wildman–Crippen LogP) is 2.29. The van der Waals surface area contributed by atoms with Crippen molar-refractivity contribution in [2.24, 2.45) is 10.3 Å². The van der Waals surface area contributed by atoms with Crippen LogP contribution < -0.4 is 19.7 Å². The van der Waals surface area contributed by atoms with Gasteiger partial charge in [-0.25, -0.2) is 4.90 Å². The molecular weight excluding hydrogens is 426 g/mol. The first-order valence-corrected chi connectivity index (χ1v) is 9.63. The van der Waals surface area contributed by atoms with Crippen molar-refractivity contribution in [3.63, 3.8) is 0 Å². The molecule has 2 atom stereocenters. The molecule has 2 aromatic carbocycles. The Kier molecular flexibility index (Phi) is 5.47. The van der Waals surface area contributed by atoms with Gasteiger partial charge in [0.15, 0.2) is 23.6 Å². The molecule has 0 unspecified atom stereocenters. The molecule has 2 aliphatic heterocycles. The lowest BCUT2D eigenvalue weighted by molar-refractivity contribution is -0.123. The summed E-state index contributed by atoms with van der Waals surface area (Å²) in [7, 11) is 2.95. The Balaban J connectivity index is 1.50. The Morgan fingerprint density at radius 1 is 1.06 bits per heavy atom. The number of nitrogens with zero attached hydrogens (tertiary/aromatic N) is 4. The van der Waals surface area contributed by atoms with Gasteiger partial charge in [0.2, 0.25) is 5.91 Å². The molecule has 1 fully saturated rings. The minimum absolute atomic E-state index is 0.244. The standard InChI is InChI=1S/C20H18ClN5O5/c1-30-14-8-7-13(9-15(14)31-2)26-19(28)17-18(20(26)29)25(24-23-17)10-16(27)22-12-5-3-11(21)4-6-12/h3-9,17-18H,10H2,1-2H3,(H,22,27)/t17-,18-/m0/s1. The minimum Gasteiger partial charge on any atom is -0.493 e. The number of methoxy groups -OCH3 is 2. The zero-order valence-electron chi connectivity index (χ0n) is 16.6. The monoisotopic (exact) mass is 443 g/mol. The summed E-state index contributed by atoms with van der Waals surface area (Å²) in [6.07, 6.45) is 0. The van der Waals surface area contributed by atoms with Gasteiger partial charge in [-0.2, -0.15) is 5.11 Å². The first-order valence-electron chi connectivity index (χ1n) is 9.25. The molecule has 31 heavy (non-hydrogen) atoms. The van der Waals surface area contributed by atoms with Crippen LogP contribution in [-0.4, -0.2) is 55.6 Å². The van der Waals surface area contributed by atoms with Gasteiger partial charge in [-0.1, -0.05) is 16.8 Å². The number of carbonyl (C=O) groups excluding carboxylic acids is 3. The number of hydrogen-bond acceptors (Lipinski definition) is 8. The number of fused-ring (bicyclic) bond motifs is 1. The number of halogens is 1. The molecule has 0 spiro atoms. The Hall–Kier alpha value is -3.66. The lowest BCUT2D eigenvalue weighted by Crippen LogP contribution is -2.43. The van der Waals surface area contributed by atoms with E-state index in [1.54, 1.807) is 36.4 Å². The highest BCUT2D eigenvalue weighted by molar-refractivity contribution is 6.30. The molecule has 1 saturated heterocycles. The highest BCUT2D eigenvalue weighted by Crippen LogP contribution is 2.36. The van der Waals surface area contributed by atoms with Gasteiger partial charge in [0.05, 0.1) is 19.9 Å². The van der Waals surface area contributed by atoms with E-state index in [-0.39, 0.29) is 6.54 Å². The molecule has 4 rings (SSSR count). The van der Waals surface area contributed by atoms with Gasteiger partial charge in [-0.3, -0.25) is 19.4 Å². The van der Waals surface area contributed by atoms with Crippen LogP contribution in [0.1, 0.15) is 0 Å². The Bertz CT molecular complexity index is 1070. The predicted molar refractivity (Wildman–Crippen MR) is 111 cm³/mol. The number of hydrogen-bond donors (Lipinski definition) is 1. The van der Waals surface area contributed by atoms with E-state index in [4.69, 9.17) is 21.1 Å². The number of carbonyl (C=O) groups is 3. The van der Waals surface area contributed by atoms with Crippen LogP contribution in [0.5, 0.6) is 11.5 Å². The van der Waals surface area contributed by atoms with Gasteiger partial charge in [0, 0.05) is 16.8 Å². The fourth-order valence-electron chi connectivity index (χ4n) is 3.45. The summed E-state index contributed by atoms with van der Waals surface area (Å²) in [5, 5.41) is 12.2. The Morgan fingerprint density at radius 3 is 2.45 bits per heavy atom. The topological polar surface area (TPSA) is 113 Å². The van der Waals surface area contributed by atoms with Crippen LogP contribution in [0.25, 0.3) is 0 Å². The van der Waals surface area contributed by atoms with E-state index in [0.717, 1.165) is 4.90 Å². The maximum Gasteiger partial charge on any atom is 0.263 e. The molecule has 2 heterocycles. The molecule has 1 N–H and O–H groups in total. The summed E-state index contributed by atoms with van der Waals surface area (Å²) >= 11 is 5.84. The van der Waals surface area contributed by atoms with Crippen LogP contribution >= 0.6 is 11.6 Å². The number of anilines is 2. The zero-order chi connectivity index (χ0) is 22.1. The van der Waals surface area contributed by atoms with Gasteiger partial charge in [-0.15, -0.1) is 0 Å². The number of imide groups is 1. The van der Waals surface area contributed by atoms with Crippen LogP contribution in [0.4, 0.5) is 11.4 Å². The van der Waals surface area contributed by atoms with Crippen molar-refractivity contribution in [1.29, 1.82) is 0 Å². The molecule has 10 nitrogen and oxygen atoms in total. The average molecular weight is 444 g/mol. The smallest absolute Gasteiger partial charge is 0.263 e. The van der Waals surface area contributed by atoms with Crippen LogP contribution in [0, 0.1) is 0 Å². The van der Waals surface area contributed by atoms with E-state index < -0.39 is 29.8 Å². The van der Waals surface area contributed by atoms with E-state index in [2.05, 4.69) is 15.7 Å². The molecule has 2 aromatic rings. The molecule has 0 aliphatic carbocycles. The molecule has 11 heteroatoms. The van der Waals surface area contributed by atoms with E-state index in [1.807, 2.05) is 0 Å². The molecule has 0 bridgehead atoms.